The van der Waals surface area contributed by atoms with Crippen LogP contribution in [0.25, 0.3) is 0 Å². The van der Waals surface area contributed by atoms with Gasteiger partial charge in [-0.15, -0.1) is 0 Å². The third-order valence-corrected chi connectivity index (χ3v) is 13.2. The Bertz CT molecular complexity index is 2280. The maximum Gasteiger partial charge on any atom is 0.328 e. The number of nitrogens with two attached hydrogens (primary N) is 4. The van der Waals surface area contributed by atoms with E-state index in [1.807, 2.05) is 45.0 Å². The molecule has 0 saturated carbocycles. The molecule has 1 heterocycles. The van der Waals surface area contributed by atoms with Gasteiger partial charge in [-0.3, -0.25) is 14.4 Å². The summed E-state index contributed by atoms with van der Waals surface area (Å²) < 4.78 is 10.1. The number of esters is 1. The Labute approximate surface area is 468 Å². The predicted molar refractivity (Wildman–Crippen MR) is 306 cm³/mol. The minimum absolute atomic E-state index is 0. The van der Waals surface area contributed by atoms with Crippen molar-refractivity contribution in [2.45, 2.75) is 166 Å². The molecule has 0 fully saturated rings. The molecule has 4 unspecified atom stereocenters. The molecule has 1 aromatic heterocycles. The Morgan fingerprint density at radius 3 is 1.28 bits per heavy atom. The van der Waals surface area contributed by atoms with Crippen LogP contribution in [0.5, 0.6) is 0 Å². The van der Waals surface area contributed by atoms with Gasteiger partial charge < -0.3 is 78.2 Å². The Morgan fingerprint density at radius 1 is 0.494 bits per heavy atom. The summed E-state index contributed by atoms with van der Waals surface area (Å²) >= 11 is 0. The van der Waals surface area contributed by atoms with Gasteiger partial charge in [0.25, 0.3) is 0 Å². The van der Waals surface area contributed by atoms with Crippen LogP contribution in [-0.4, -0.2) is 150 Å². The lowest BCUT2D eigenvalue weighted by Crippen LogP contribution is -2.52. The van der Waals surface area contributed by atoms with E-state index < -0.39 is 72.5 Å². The molecule has 446 valence electrons. The van der Waals surface area contributed by atoms with Crippen molar-refractivity contribution in [3.8, 4) is 0 Å². The van der Waals surface area contributed by atoms with E-state index in [4.69, 9.17) is 68.2 Å². The number of aryl methyl sites for hydroxylation is 8. The number of aliphatic hydroxyl groups excluding tert-OH is 5. The van der Waals surface area contributed by atoms with Crippen molar-refractivity contribution in [2.24, 2.45) is 22.9 Å². The number of carboxylic acids is 3. The predicted octanol–water partition coefficient (Wildman–Crippen LogP) is 5.01. The summed E-state index contributed by atoms with van der Waals surface area (Å²) in [4.78, 5) is 51.6. The van der Waals surface area contributed by atoms with Crippen LogP contribution in [0.2, 0.25) is 0 Å². The highest BCUT2D eigenvalue weighted by Gasteiger charge is 2.36. The summed E-state index contributed by atoms with van der Waals surface area (Å²) in [7, 11) is 0. The van der Waals surface area contributed by atoms with Crippen LogP contribution < -0.4 is 22.9 Å². The van der Waals surface area contributed by atoms with Gasteiger partial charge in [0.05, 0.1) is 46.2 Å². The Morgan fingerprint density at radius 2 is 0.873 bits per heavy atom. The number of aromatic nitrogens is 2. The number of hydrogen-bond acceptors (Lipinski definition) is 16. The van der Waals surface area contributed by atoms with Gasteiger partial charge in [0, 0.05) is 11.9 Å². The van der Waals surface area contributed by atoms with Crippen LogP contribution in [0.15, 0.2) is 79.0 Å². The fourth-order valence-electron chi connectivity index (χ4n) is 7.46. The van der Waals surface area contributed by atoms with E-state index in [0.29, 0.717) is 38.5 Å². The second-order valence-corrected chi connectivity index (χ2v) is 20.2. The number of carbonyl (C=O) groups is 4. The highest BCUT2D eigenvalue weighted by Crippen LogP contribution is 2.19. The fourth-order valence-corrected chi connectivity index (χ4v) is 7.46. The number of nitrogens with zero attached hydrogens (tertiary/aromatic N) is 1. The summed E-state index contributed by atoms with van der Waals surface area (Å²) in [5, 5.41) is 71.7. The van der Waals surface area contributed by atoms with Gasteiger partial charge in [0.15, 0.2) is 0 Å². The van der Waals surface area contributed by atoms with E-state index in [9.17, 15) is 24.3 Å². The molecular formula is C59H96N6O14. The highest BCUT2D eigenvalue weighted by molar-refractivity contribution is 5.81. The van der Waals surface area contributed by atoms with Gasteiger partial charge in [0.2, 0.25) is 0 Å². The average molecular weight is 1110 g/mol. The molecule has 0 bridgehead atoms. The third kappa shape index (κ3) is 29.4. The van der Waals surface area contributed by atoms with Gasteiger partial charge in [-0.05, 0) is 114 Å². The topological polar surface area (TPSA) is 381 Å². The number of rotatable bonds is 34. The second-order valence-electron chi connectivity index (χ2n) is 20.2. The third-order valence-electron chi connectivity index (χ3n) is 13.2. The van der Waals surface area contributed by atoms with Crippen molar-refractivity contribution in [2.75, 3.05) is 52.9 Å². The summed E-state index contributed by atoms with van der Waals surface area (Å²) in [5.74, 6) is -3.36. The number of imidazole rings is 1. The zero-order valence-corrected chi connectivity index (χ0v) is 46.5. The molecule has 0 saturated heterocycles. The normalized spacial score (nSPS) is 13.8. The van der Waals surface area contributed by atoms with E-state index in [0.717, 1.165) is 47.5 Å². The van der Waals surface area contributed by atoms with Crippen LogP contribution in [0.1, 0.15) is 136 Å². The number of hydrogen-bond donors (Lipinski definition) is 13. The van der Waals surface area contributed by atoms with Crippen molar-refractivity contribution >= 4 is 23.9 Å². The minimum atomic E-state index is -1.57. The average Bonchev–Trinajstić information content (AvgIpc) is 3.86. The van der Waals surface area contributed by atoms with Gasteiger partial charge >= 0.3 is 23.9 Å². The smallest absolute Gasteiger partial charge is 0.328 e. The number of aromatic amines is 1. The van der Waals surface area contributed by atoms with Crippen LogP contribution in [-0.2, 0) is 60.8 Å². The summed E-state index contributed by atoms with van der Waals surface area (Å²) in [6.45, 7) is 6.30. The number of aliphatic carboxylic acids is 3. The van der Waals surface area contributed by atoms with Crippen molar-refractivity contribution in [3.63, 3.8) is 0 Å². The molecule has 79 heavy (non-hydrogen) atoms. The highest BCUT2D eigenvalue weighted by atomic mass is 16.6. The van der Waals surface area contributed by atoms with Gasteiger partial charge in [0.1, 0.15) is 34.6 Å². The molecule has 0 amide bonds. The molecule has 0 aliphatic heterocycles. The lowest BCUT2D eigenvalue weighted by atomic mass is 9.92. The first-order valence-corrected chi connectivity index (χ1v) is 26.8. The number of aliphatic hydroxyl groups is 5. The van der Waals surface area contributed by atoms with Crippen LogP contribution in [0, 0.1) is 20.8 Å². The quantitative estimate of drug-likeness (QED) is 0.0216. The molecule has 4 aromatic rings. The van der Waals surface area contributed by atoms with Crippen molar-refractivity contribution < 1.29 is 69.5 Å². The zero-order chi connectivity index (χ0) is 58.6. The van der Waals surface area contributed by atoms with E-state index in [2.05, 4.69) is 65.4 Å². The fraction of sp³-hybridized carbons (Fsp3) is 0.576. The number of unbranched alkanes of at least 4 members (excludes halogenated alkanes) is 6. The maximum absolute atomic E-state index is 12.2. The molecule has 20 nitrogen and oxygen atoms in total. The van der Waals surface area contributed by atoms with E-state index >= 15 is 0 Å². The van der Waals surface area contributed by atoms with Gasteiger partial charge in [-0.25, -0.2) is 9.78 Å². The minimum Gasteiger partial charge on any atom is -0.480 e. The molecule has 0 spiro atoms. The largest absolute Gasteiger partial charge is 0.480 e. The first kappa shape index (κ1) is 73.3. The molecule has 0 aliphatic rings. The standard InChI is InChI=1S/C23H39NO5.C14H21NO3.C12H17NO3.C9H15N3O3.CH4/c1-2-3-4-5-6-7-8-20-9-11-21(12-10-20)13-14-23(24,19-26)22(27)29-18-17-28-16-15-25;1-11-5-7-12(8-6-11)4-2-3-9-14(15,10-16)13(17)18;1-9-2-4-10(5-3-9)6-7-12(13,8-14)11(15)16;1-6-11-4-7(12-6)2-3-9(10,5-13)8(14)15;/h9-12,25-26H,2-8,13-19,24H2,1H3;5-8,16H,2-4,9-10,15H2,1H3,(H,17,18);2-5,14H,6-8,13H2,1H3,(H,15,16);4,13H,2-3,5,10H2,1H3,(H,11,12)(H,14,15);1H4. The molecule has 3 aromatic carbocycles. The Hall–Kier alpha value is -5.65. The molecule has 4 atom stereocenters. The van der Waals surface area contributed by atoms with Crippen LogP contribution in [0.3, 0.4) is 0 Å². The molecule has 0 radical (unpaired) electrons. The Balaban J connectivity index is 0.00000106. The lowest BCUT2D eigenvalue weighted by molar-refractivity contribution is -0.154. The first-order chi connectivity index (χ1) is 37.0. The van der Waals surface area contributed by atoms with Gasteiger partial charge in [-0.2, -0.15) is 0 Å². The molecular weight excluding hydrogens is 1020 g/mol. The maximum atomic E-state index is 12.2. The van der Waals surface area contributed by atoms with E-state index in [1.54, 1.807) is 6.20 Å². The number of H-pyrrole nitrogens is 1. The van der Waals surface area contributed by atoms with Crippen molar-refractivity contribution in [1.82, 2.24) is 9.97 Å². The summed E-state index contributed by atoms with van der Waals surface area (Å²) in [5.41, 5.74) is 24.6. The molecule has 0 aliphatic carbocycles. The summed E-state index contributed by atoms with van der Waals surface area (Å²) in [6, 6.07) is 24.5. The van der Waals surface area contributed by atoms with Crippen molar-refractivity contribution in [3.05, 3.63) is 124 Å². The number of carboxylic acid groups (broad SMARTS) is 3. The number of nitrogens with one attached hydrogen (secondary N) is 1. The number of benzene rings is 3. The lowest BCUT2D eigenvalue weighted by Gasteiger charge is -2.25. The van der Waals surface area contributed by atoms with Crippen molar-refractivity contribution in [1.29, 1.82) is 0 Å². The first-order valence-electron chi connectivity index (χ1n) is 26.8. The van der Waals surface area contributed by atoms with E-state index in [-0.39, 0.29) is 46.7 Å². The number of carbonyl (C=O) groups excluding carboxylic acids is 1. The van der Waals surface area contributed by atoms with Crippen LogP contribution in [0.4, 0.5) is 0 Å². The molecule has 4 rings (SSSR count). The molecule has 17 N–H and O–H groups in total. The SMILES string of the molecule is C.CCCCCCCCc1ccc(CCC(N)(CO)C(=O)OCCOCCO)cc1.Cc1ccc(CCC(N)(CO)C(=O)O)cc1.Cc1ccc(CCCCC(N)(CO)C(=O)O)cc1.Cc1ncc(CCC(N)(CO)C(=O)O)[nH]1. The monoisotopic (exact) mass is 1110 g/mol. The zero-order valence-electron chi connectivity index (χ0n) is 46.5. The Kier molecular flexibility index (Phi) is 36.8. The summed E-state index contributed by atoms with van der Waals surface area (Å²) in [6.07, 6.45) is 15.5. The van der Waals surface area contributed by atoms with E-state index in [1.165, 1.54) is 55.2 Å². The van der Waals surface area contributed by atoms with Crippen LogP contribution >= 0.6 is 0 Å². The second kappa shape index (κ2) is 39.7. The number of ether oxygens (including phenoxy) is 2. The molecule has 20 heteroatoms. The van der Waals surface area contributed by atoms with Gasteiger partial charge in [-0.1, -0.05) is 137 Å².